The van der Waals surface area contributed by atoms with Gasteiger partial charge in [-0.05, 0) is 56.8 Å². The summed E-state index contributed by atoms with van der Waals surface area (Å²) in [6, 6.07) is 4.23. The molecule has 2 heterocycles. The Bertz CT molecular complexity index is 672. The minimum atomic E-state index is -0.848. The molecule has 1 aliphatic rings. The van der Waals surface area contributed by atoms with Crippen LogP contribution in [0.15, 0.2) is 24.5 Å². The van der Waals surface area contributed by atoms with E-state index in [1.54, 1.807) is 6.20 Å². The molecule has 2 unspecified atom stereocenters. The highest BCUT2D eigenvalue weighted by atomic mass is 16.5. The highest BCUT2D eigenvalue weighted by Gasteiger charge is 2.39. The Morgan fingerprint density at radius 2 is 2.04 bits per heavy atom. The predicted octanol–water partition coefficient (Wildman–Crippen LogP) is 3.92. The minimum Gasteiger partial charge on any atom is -0.481 e. The molecule has 0 radical (unpaired) electrons. The van der Waals surface area contributed by atoms with E-state index < -0.39 is 16.8 Å². The van der Waals surface area contributed by atoms with Gasteiger partial charge >= 0.3 is 11.9 Å². The number of hydrogen-bond acceptors (Lipinski definition) is 5. The highest BCUT2D eigenvalue weighted by molar-refractivity contribution is 5.76. The number of likely N-dealkylation sites (tertiary alicyclic amines) is 1. The van der Waals surface area contributed by atoms with Crippen LogP contribution < -0.4 is 0 Å². The van der Waals surface area contributed by atoms with Gasteiger partial charge in [-0.25, -0.2) is 0 Å². The van der Waals surface area contributed by atoms with Gasteiger partial charge < -0.3 is 9.84 Å². The Morgan fingerprint density at radius 1 is 1.32 bits per heavy atom. The van der Waals surface area contributed by atoms with Crippen LogP contribution >= 0.6 is 0 Å². The third kappa shape index (κ3) is 5.77. The molecule has 1 aromatic heterocycles. The molecule has 0 amide bonds. The fourth-order valence-electron chi connectivity index (χ4n) is 4.61. The van der Waals surface area contributed by atoms with Crippen molar-refractivity contribution in [2.45, 2.75) is 59.9 Å². The third-order valence-electron chi connectivity index (χ3n) is 5.59. The molecule has 1 aromatic rings. The Hall–Kier alpha value is -1.95. The lowest BCUT2D eigenvalue weighted by atomic mass is 9.73. The van der Waals surface area contributed by atoms with E-state index in [1.807, 2.05) is 40.0 Å². The molecule has 0 aliphatic carbocycles. The second-order valence-electron chi connectivity index (χ2n) is 9.30. The number of pyridine rings is 1. The van der Waals surface area contributed by atoms with E-state index in [-0.39, 0.29) is 24.3 Å². The summed E-state index contributed by atoms with van der Waals surface area (Å²) in [6.07, 6.45) is 5.13. The van der Waals surface area contributed by atoms with Crippen molar-refractivity contribution < 1.29 is 19.4 Å². The van der Waals surface area contributed by atoms with Gasteiger partial charge in [0.2, 0.25) is 0 Å². The lowest BCUT2D eigenvalue weighted by Gasteiger charge is -2.33. The number of ether oxygens (including phenoxy) is 1. The van der Waals surface area contributed by atoms with Crippen molar-refractivity contribution in [2.75, 3.05) is 19.7 Å². The van der Waals surface area contributed by atoms with E-state index in [0.29, 0.717) is 13.0 Å². The number of aromatic nitrogens is 1. The molecular weight excluding hydrogens is 356 g/mol. The summed E-state index contributed by atoms with van der Waals surface area (Å²) < 4.78 is 5.75. The summed E-state index contributed by atoms with van der Waals surface area (Å²) in [7, 11) is 0. The number of rotatable bonds is 9. The first-order valence-electron chi connectivity index (χ1n) is 10.1. The summed E-state index contributed by atoms with van der Waals surface area (Å²) in [6.45, 7) is 11.9. The number of carboxylic acids is 1. The molecule has 2 rings (SSSR count). The van der Waals surface area contributed by atoms with Gasteiger partial charge in [-0.15, -0.1) is 0 Å². The zero-order valence-electron chi connectivity index (χ0n) is 17.8. The SMILES string of the molecule is CCN1CCC(COC(=O)C(C)(C)CC(C)(C)CC(=O)O)C1c1cccnc1. The van der Waals surface area contributed by atoms with Crippen molar-refractivity contribution in [3.63, 3.8) is 0 Å². The first-order chi connectivity index (χ1) is 13.1. The molecule has 1 saturated heterocycles. The average Bonchev–Trinajstić information content (AvgIpc) is 3.01. The van der Waals surface area contributed by atoms with Gasteiger partial charge in [0.15, 0.2) is 0 Å². The number of aliphatic carboxylic acids is 1. The molecule has 1 fully saturated rings. The van der Waals surface area contributed by atoms with Crippen LogP contribution in [-0.4, -0.2) is 46.6 Å². The zero-order chi connectivity index (χ0) is 20.9. The summed E-state index contributed by atoms with van der Waals surface area (Å²) in [5.41, 5.74) is -0.0464. The molecule has 0 aromatic carbocycles. The van der Waals surface area contributed by atoms with Crippen molar-refractivity contribution in [3.05, 3.63) is 30.1 Å². The first-order valence-corrected chi connectivity index (χ1v) is 10.1. The van der Waals surface area contributed by atoms with Crippen LogP contribution in [0.4, 0.5) is 0 Å². The Morgan fingerprint density at radius 3 is 2.61 bits per heavy atom. The molecule has 0 saturated carbocycles. The van der Waals surface area contributed by atoms with Crippen LogP contribution in [0.5, 0.6) is 0 Å². The zero-order valence-corrected chi connectivity index (χ0v) is 17.8. The molecule has 6 nitrogen and oxygen atoms in total. The number of hydrogen-bond donors (Lipinski definition) is 1. The van der Waals surface area contributed by atoms with Gasteiger partial charge in [0.05, 0.1) is 18.4 Å². The number of carbonyl (C=O) groups excluding carboxylic acids is 1. The second-order valence-corrected chi connectivity index (χ2v) is 9.30. The predicted molar refractivity (Wildman–Crippen MR) is 108 cm³/mol. The van der Waals surface area contributed by atoms with E-state index in [4.69, 9.17) is 9.84 Å². The smallest absolute Gasteiger partial charge is 0.311 e. The number of carbonyl (C=O) groups is 2. The van der Waals surface area contributed by atoms with Crippen LogP contribution in [0.1, 0.15) is 65.5 Å². The van der Waals surface area contributed by atoms with Gasteiger partial charge in [0.25, 0.3) is 0 Å². The third-order valence-corrected chi connectivity index (χ3v) is 5.59. The summed E-state index contributed by atoms with van der Waals surface area (Å²) in [4.78, 5) is 30.5. The molecule has 1 N–H and O–H groups in total. The fraction of sp³-hybridized carbons (Fsp3) is 0.682. The standard InChI is InChI=1S/C22H34N2O4/c1-6-24-11-9-17(19(24)16-8-7-10-23-13-16)14-28-20(27)22(4,5)15-21(2,3)12-18(25)26/h7-8,10,13,17,19H,6,9,11-12,14-15H2,1-5H3,(H,25,26). The van der Waals surface area contributed by atoms with Crippen molar-refractivity contribution in [1.82, 2.24) is 9.88 Å². The molecule has 28 heavy (non-hydrogen) atoms. The molecular formula is C22H34N2O4. The van der Waals surface area contributed by atoms with Gasteiger partial charge in [-0.2, -0.15) is 0 Å². The lowest BCUT2D eigenvalue weighted by molar-refractivity contribution is -0.158. The van der Waals surface area contributed by atoms with Gasteiger partial charge in [-0.3, -0.25) is 19.5 Å². The van der Waals surface area contributed by atoms with Gasteiger partial charge in [0.1, 0.15) is 0 Å². The summed E-state index contributed by atoms with van der Waals surface area (Å²) in [5.74, 6) is -0.874. The number of carboxylic acid groups (broad SMARTS) is 1. The first kappa shape index (κ1) is 22.3. The second kappa shape index (κ2) is 9.03. The van der Waals surface area contributed by atoms with E-state index in [9.17, 15) is 9.59 Å². The van der Waals surface area contributed by atoms with Crippen molar-refractivity contribution in [2.24, 2.45) is 16.7 Å². The van der Waals surface area contributed by atoms with E-state index in [1.165, 1.54) is 0 Å². The van der Waals surface area contributed by atoms with Crippen molar-refractivity contribution >= 4 is 11.9 Å². The Balaban J connectivity index is 2.01. The van der Waals surface area contributed by atoms with Crippen LogP contribution in [0.2, 0.25) is 0 Å². The Kier molecular flexibility index (Phi) is 7.21. The fourth-order valence-corrected chi connectivity index (χ4v) is 4.61. The maximum atomic E-state index is 12.8. The van der Waals surface area contributed by atoms with E-state index >= 15 is 0 Å². The normalized spacial score (nSPS) is 20.9. The topological polar surface area (TPSA) is 79.7 Å². The van der Waals surface area contributed by atoms with Crippen LogP contribution in [0, 0.1) is 16.7 Å². The quantitative estimate of drug-likeness (QED) is 0.644. The molecule has 6 heteroatoms. The maximum absolute atomic E-state index is 12.8. The van der Waals surface area contributed by atoms with E-state index in [0.717, 1.165) is 25.1 Å². The van der Waals surface area contributed by atoms with Gasteiger partial charge in [0, 0.05) is 24.4 Å². The Labute approximate surface area is 168 Å². The molecule has 0 bridgehead atoms. The van der Waals surface area contributed by atoms with Crippen LogP contribution in [0.25, 0.3) is 0 Å². The molecule has 0 spiro atoms. The average molecular weight is 391 g/mol. The number of esters is 1. The number of nitrogens with zero attached hydrogens (tertiary/aromatic N) is 2. The van der Waals surface area contributed by atoms with Gasteiger partial charge in [-0.1, -0.05) is 26.8 Å². The summed E-state index contributed by atoms with van der Waals surface area (Å²) in [5, 5.41) is 9.09. The maximum Gasteiger partial charge on any atom is 0.311 e. The molecule has 2 atom stereocenters. The lowest BCUT2D eigenvalue weighted by Crippen LogP contribution is -2.35. The van der Waals surface area contributed by atoms with Crippen LogP contribution in [0.3, 0.4) is 0 Å². The monoisotopic (exact) mass is 390 g/mol. The molecule has 156 valence electrons. The van der Waals surface area contributed by atoms with Crippen molar-refractivity contribution in [3.8, 4) is 0 Å². The minimum absolute atomic E-state index is 0.0286. The van der Waals surface area contributed by atoms with Crippen molar-refractivity contribution in [1.29, 1.82) is 0 Å². The van der Waals surface area contributed by atoms with Crippen LogP contribution in [-0.2, 0) is 14.3 Å². The highest BCUT2D eigenvalue weighted by Crippen LogP contribution is 2.39. The molecule has 1 aliphatic heterocycles. The summed E-state index contributed by atoms with van der Waals surface area (Å²) >= 11 is 0. The largest absolute Gasteiger partial charge is 0.481 e. The van der Waals surface area contributed by atoms with E-state index in [2.05, 4.69) is 22.9 Å².